The molecule has 2 rings (SSSR count). The molecule has 0 N–H and O–H groups in total. The second kappa shape index (κ2) is 4.72. The first kappa shape index (κ1) is 12.5. The van der Waals surface area contributed by atoms with Gasteiger partial charge in [0, 0.05) is 12.5 Å². The Balaban J connectivity index is 2.20. The number of carbonyl (C=O) groups excluding carboxylic acids is 3. The Morgan fingerprint density at radius 3 is 2.11 bits per heavy atom. The highest BCUT2D eigenvalue weighted by Crippen LogP contribution is 2.25. The van der Waals surface area contributed by atoms with Gasteiger partial charge in [-0.1, -0.05) is 12.1 Å². The molecule has 18 heavy (non-hydrogen) atoms. The lowest BCUT2D eigenvalue weighted by Crippen LogP contribution is -2.38. The largest absolute Gasteiger partial charge is 0.300 e. The van der Waals surface area contributed by atoms with Gasteiger partial charge in [0.2, 0.25) is 0 Å². The zero-order chi connectivity index (χ0) is 13.3. The standard InChI is InChI=1S/C14H15NO3/c1-9(7-8-10(2)16)15-13(17)11-5-3-4-6-12(11)14(15)18/h3-6,9H,7-8H2,1-2H3. The highest BCUT2D eigenvalue weighted by molar-refractivity contribution is 6.21. The van der Waals surface area contributed by atoms with Crippen molar-refractivity contribution in [3.8, 4) is 0 Å². The molecule has 4 heteroatoms. The topological polar surface area (TPSA) is 54.5 Å². The molecule has 1 aromatic carbocycles. The fourth-order valence-electron chi connectivity index (χ4n) is 2.15. The number of Topliss-reactive ketones (excluding diaryl/α,β-unsaturated/α-hetero) is 1. The molecule has 0 bridgehead atoms. The van der Waals surface area contributed by atoms with E-state index in [2.05, 4.69) is 0 Å². The first-order chi connectivity index (χ1) is 8.52. The Morgan fingerprint density at radius 2 is 1.67 bits per heavy atom. The molecule has 0 saturated heterocycles. The number of hydrogen-bond donors (Lipinski definition) is 0. The van der Waals surface area contributed by atoms with Crippen molar-refractivity contribution in [3.63, 3.8) is 0 Å². The number of carbonyl (C=O) groups is 3. The van der Waals surface area contributed by atoms with E-state index >= 15 is 0 Å². The number of nitrogens with zero attached hydrogens (tertiary/aromatic N) is 1. The molecule has 0 radical (unpaired) electrons. The van der Waals surface area contributed by atoms with Gasteiger partial charge in [-0.2, -0.15) is 0 Å². The maximum atomic E-state index is 12.1. The van der Waals surface area contributed by atoms with Crippen LogP contribution in [0.4, 0.5) is 0 Å². The number of amides is 2. The molecule has 1 atom stereocenters. The Labute approximate surface area is 106 Å². The molecular weight excluding hydrogens is 230 g/mol. The summed E-state index contributed by atoms with van der Waals surface area (Å²) in [5, 5.41) is 0. The number of rotatable bonds is 4. The summed E-state index contributed by atoms with van der Waals surface area (Å²) >= 11 is 0. The average Bonchev–Trinajstić information content (AvgIpc) is 2.60. The predicted molar refractivity (Wildman–Crippen MR) is 66.3 cm³/mol. The number of fused-ring (bicyclic) bond motifs is 1. The molecule has 4 nitrogen and oxygen atoms in total. The van der Waals surface area contributed by atoms with Crippen LogP contribution >= 0.6 is 0 Å². The van der Waals surface area contributed by atoms with E-state index in [-0.39, 0.29) is 23.6 Å². The summed E-state index contributed by atoms with van der Waals surface area (Å²) in [7, 11) is 0. The molecule has 1 aromatic rings. The minimum absolute atomic E-state index is 0.0680. The van der Waals surface area contributed by atoms with Gasteiger partial charge >= 0.3 is 0 Å². The minimum Gasteiger partial charge on any atom is -0.300 e. The van der Waals surface area contributed by atoms with Crippen molar-refractivity contribution in [2.45, 2.75) is 32.7 Å². The van der Waals surface area contributed by atoms with Gasteiger partial charge in [0.05, 0.1) is 11.1 Å². The van der Waals surface area contributed by atoms with Crippen LogP contribution in [0.2, 0.25) is 0 Å². The zero-order valence-electron chi connectivity index (χ0n) is 10.5. The lowest BCUT2D eigenvalue weighted by atomic mass is 10.1. The smallest absolute Gasteiger partial charge is 0.261 e. The van der Waals surface area contributed by atoms with Crippen LogP contribution in [0, 0.1) is 0 Å². The van der Waals surface area contributed by atoms with Gasteiger partial charge in [0.1, 0.15) is 5.78 Å². The van der Waals surface area contributed by atoms with Crippen LogP contribution in [0.5, 0.6) is 0 Å². The van der Waals surface area contributed by atoms with Gasteiger partial charge in [-0.25, -0.2) is 0 Å². The maximum absolute atomic E-state index is 12.1. The second-order valence-corrected chi connectivity index (χ2v) is 4.62. The number of imide groups is 1. The maximum Gasteiger partial charge on any atom is 0.261 e. The van der Waals surface area contributed by atoms with E-state index < -0.39 is 0 Å². The predicted octanol–water partition coefficient (Wildman–Crippen LogP) is 2.04. The zero-order valence-corrected chi connectivity index (χ0v) is 10.5. The quantitative estimate of drug-likeness (QED) is 0.763. The summed E-state index contributed by atoms with van der Waals surface area (Å²) < 4.78 is 0. The van der Waals surface area contributed by atoms with Crippen molar-refractivity contribution in [1.29, 1.82) is 0 Å². The first-order valence-electron chi connectivity index (χ1n) is 5.98. The van der Waals surface area contributed by atoms with Crippen molar-refractivity contribution < 1.29 is 14.4 Å². The molecule has 1 heterocycles. The van der Waals surface area contributed by atoms with E-state index in [0.717, 1.165) is 0 Å². The number of benzene rings is 1. The van der Waals surface area contributed by atoms with Gasteiger partial charge in [-0.15, -0.1) is 0 Å². The van der Waals surface area contributed by atoms with Gasteiger partial charge < -0.3 is 4.79 Å². The molecule has 0 saturated carbocycles. The monoisotopic (exact) mass is 245 g/mol. The van der Waals surface area contributed by atoms with Crippen molar-refractivity contribution >= 4 is 17.6 Å². The van der Waals surface area contributed by atoms with Crippen LogP contribution in [0.15, 0.2) is 24.3 Å². The normalized spacial score (nSPS) is 15.8. The van der Waals surface area contributed by atoms with Crippen molar-refractivity contribution in [1.82, 2.24) is 4.90 Å². The molecule has 2 amide bonds. The van der Waals surface area contributed by atoms with E-state index in [1.54, 1.807) is 31.2 Å². The highest BCUT2D eigenvalue weighted by atomic mass is 16.2. The Morgan fingerprint density at radius 1 is 1.17 bits per heavy atom. The van der Waals surface area contributed by atoms with Crippen LogP contribution in [0.1, 0.15) is 47.4 Å². The number of ketones is 1. The lowest BCUT2D eigenvalue weighted by molar-refractivity contribution is -0.117. The van der Waals surface area contributed by atoms with Gasteiger partial charge in [0.25, 0.3) is 11.8 Å². The van der Waals surface area contributed by atoms with E-state index in [9.17, 15) is 14.4 Å². The van der Waals surface area contributed by atoms with E-state index in [1.807, 2.05) is 0 Å². The van der Waals surface area contributed by atoms with Crippen LogP contribution in [0.25, 0.3) is 0 Å². The third kappa shape index (κ3) is 2.06. The van der Waals surface area contributed by atoms with Crippen LogP contribution in [-0.2, 0) is 4.79 Å². The van der Waals surface area contributed by atoms with Crippen molar-refractivity contribution in [2.75, 3.05) is 0 Å². The summed E-state index contributed by atoms with van der Waals surface area (Å²) in [4.78, 5) is 36.4. The molecule has 0 aliphatic carbocycles. The van der Waals surface area contributed by atoms with Gasteiger partial charge in [0.15, 0.2) is 0 Å². The van der Waals surface area contributed by atoms with E-state index in [0.29, 0.717) is 24.0 Å². The lowest BCUT2D eigenvalue weighted by Gasteiger charge is -2.21. The first-order valence-corrected chi connectivity index (χ1v) is 5.98. The summed E-state index contributed by atoms with van der Waals surface area (Å²) in [6, 6.07) is 6.56. The Kier molecular flexibility index (Phi) is 3.28. The van der Waals surface area contributed by atoms with E-state index in [4.69, 9.17) is 0 Å². The van der Waals surface area contributed by atoms with Crippen molar-refractivity contribution in [2.24, 2.45) is 0 Å². The fourth-order valence-corrected chi connectivity index (χ4v) is 2.15. The Bertz CT molecular complexity index is 487. The molecule has 1 aliphatic rings. The minimum atomic E-state index is -0.258. The molecule has 0 aromatic heterocycles. The van der Waals surface area contributed by atoms with Gasteiger partial charge in [-0.05, 0) is 32.4 Å². The molecule has 1 unspecified atom stereocenters. The number of hydrogen-bond acceptors (Lipinski definition) is 3. The summed E-state index contributed by atoms with van der Waals surface area (Å²) in [5.74, 6) is -0.447. The second-order valence-electron chi connectivity index (χ2n) is 4.62. The summed E-state index contributed by atoms with van der Waals surface area (Å²) in [5.41, 5.74) is 0.911. The van der Waals surface area contributed by atoms with Crippen molar-refractivity contribution in [3.05, 3.63) is 35.4 Å². The summed E-state index contributed by atoms with van der Waals surface area (Å²) in [6.07, 6.45) is 0.898. The highest BCUT2D eigenvalue weighted by Gasteiger charge is 2.37. The molecule has 94 valence electrons. The molecule has 0 spiro atoms. The third-order valence-corrected chi connectivity index (χ3v) is 3.18. The third-order valence-electron chi connectivity index (χ3n) is 3.18. The van der Waals surface area contributed by atoms with Crippen LogP contribution in [0.3, 0.4) is 0 Å². The van der Waals surface area contributed by atoms with E-state index in [1.165, 1.54) is 11.8 Å². The van der Waals surface area contributed by atoms with Gasteiger partial charge in [-0.3, -0.25) is 14.5 Å². The average molecular weight is 245 g/mol. The van der Waals surface area contributed by atoms with Crippen LogP contribution < -0.4 is 0 Å². The molecule has 0 fully saturated rings. The SMILES string of the molecule is CC(=O)CCC(C)N1C(=O)c2ccccc2C1=O. The van der Waals surface area contributed by atoms with Crippen LogP contribution in [-0.4, -0.2) is 28.5 Å². The molecule has 1 aliphatic heterocycles. The molecular formula is C14H15NO3. The Hall–Kier alpha value is -1.97. The fraction of sp³-hybridized carbons (Fsp3) is 0.357. The summed E-state index contributed by atoms with van der Waals surface area (Å²) in [6.45, 7) is 3.31.